The highest BCUT2D eigenvalue weighted by Crippen LogP contribution is 2.39. The monoisotopic (exact) mass is 353 g/mol. The van der Waals surface area contributed by atoms with Gasteiger partial charge in [-0.15, -0.1) is 0 Å². The van der Waals surface area contributed by atoms with E-state index in [2.05, 4.69) is 49.8 Å². The number of anilines is 3. The molecule has 1 aliphatic carbocycles. The summed E-state index contributed by atoms with van der Waals surface area (Å²) in [5, 5.41) is 17.9. The summed E-state index contributed by atoms with van der Waals surface area (Å²) in [6.07, 6.45) is 2.48. The zero-order chi connectivity index (χ0) is 18.1. The van der Waals surface area contributed by atoms with Crippen LogP contribution in [-0.2, 0) is 6.54 Å². The molecule has 8 heteroatoms. The highest BCUT2D eigenvalue weighted by molar-refractivity contribution is 5.54. The van der Waals surface area contributed by atoms with Crippen molar-refractivity contribution >= 4 is 17.6 Å². The Morgan fingerprint density at radius 2 is 2.04 bits per heavy atom. The standard InChI is InChI=1S/C18H23N7O/c1-10(2)14-7-13(26-25-14)9-19-18-20-11(3)6-16(22-18)21-17-8-15(23-24-17)12-4-5-12/h6-8,10,12H,4-5,9H2,1-3H3,(H3,19,20,21,22,23,24). The fourth-order valence-corrected chi connectivity index (χ4v) is 2.70. The minimum Gasteiger partial charge on any atom is -0.359 e. The van der Waals surface area contributed by atoms with Gasteiger partial charge in [0.25, 0.3) is 0 Å². The van der Waals surface area contributed by atoms with E-state index >= 15 is 0 Å². The zero-order valence-corrected chi connectivity index (χ0v) is 15.2. The molecule has 0 aromatic carbocycles. The molecule has 0 atom stereocenters. The van der Waals surface area contributed by atoms with Crippen LogP contribution < -0.4 is 10.6 Å². The molecule has 0 radical (unpaired) electrons. The van der Waals surface area contributed by atoms with Crippen molar-refractivity contribution in [1.29, 1.82) is 0 Å². The molecular formula is C18H23N7O. The smallest absolute Gasteiger partial charge is 0.225 e. The molecule has 1 fully saturated rings. The van der Waals surface area contributed by atoms with E-state index in [0.717, 1.165) is 23.0 Å². The normalized spacial score (nSPS) is 14.0. The molecule has 3 N–H and O–H groups in total. The topological polar surface area (TPSA) is 105 Å². The van der Waals surface area contributed by atoms with Crippen molar-refractivity contribution in [2.45, 2.75) is 52.0 Å². The van der Waals surface area contributed by atoms with Crippen LogP contribution in [0.2, 0.25) is 0 Å². The lowest BCUT2D eigenvalue weighted by Crippen LogP contribution is -2.06. The summed E-state index contributed by atoms with van der Waals surface area (Å²) in [5.74, 6) is 3.75. The second kappa shape index (κ2) is 6.78. The minimum absolute atomic E-state index is 0.341. The van der Waals surface area contributed by atoms with Crippen LogP contribution in [0.5, 0.6) is 0 Å². The van der Waals surface area contributed by atoms with Gasteiger partial charge < -0.3 is 15.2 Å². The lowest BCUT2D eigenvalue weighted by atomic mass is 10.1. The number of aromatic amines is 1. The fraction of sp³-hybridized carbons (Fsp3) is 0.444. The van der Waals surface area contributed by atoms with Crippen LogP contribution in [-0.4, -0.2) is 25.3 Å². The van der Waals surface area contributed by atoms with E-state index < -0.39 is 0 Å². The maximum absolute atomic E-state index is 5.34. The molecule has 136 valence electrons. The van der Waals surface area contributed by atoms with Gasteiger partial charge >= 0.3 is 0 Å². The third kappa shape index (κ3) is 3.84. The number of aryl methyl sites for hydroxylation is 1. The first-order valence-electron chi connectivity index (χ1n) is 8.94. The molecule has 26 heavy (non-hydrogen) atoms. The van der Waals surface area contributed by atoms with Gasteiger partial charge in [-0.3, -0.25) is 5.10 Å². The summed E-state index contributed by atoms with van der Waals surface area (Å²) in [6.45, 7) is 6.58. The van der Waals surface area contributed by atoms with Crippen molar-refractivity contribution in [2.24, 2.45) is 0 Å². The molecule has 8 nitrogen and oxygen atoms in total. The van der Waals surface area contributed by atoms with Crippen LogP contribution in [0.25, 0.3) is 0 Å². The molecule has 3 aromatic heterocycles. The van der Waals surface area contributed by atoms with E-state index in [9.17, 15) is 0 Å². The molecule has 3 aromatic rings. The number of nitrogens with zero attached hydrogens (tertiary/aromatic N) is 4. The van der Waals surface area contributed by atoms with Crippen molar-refractivity contribution < 1.29 is 4.52 Å². The number of H-pyrrole nitrogens is 1. The number of rotatable bonds is 7. The van der Waals surface area contributed by atoms with Gasteiger partial charge in [0, 0.05) is 35.5 Å². The molecule has 4 rings (SSSR count). The van der Waals surface area contributed by atoms with Gasteiger partial charge in [0.2, 0.25) is 5.95 Å². The summed E-state index contributed by atoms with van der Waals surface area (Å²) < 4.78 is 5.34. The van der Waals surface area contributed by atoms with E-state index in [1.54, 1.807) is 0 Å². The molecule has 0 saturated heterocycles. The molecule has 0 amide bonds. The van der Waals surface area contributed by atoms with Crippen LogP contribution in [0.3, 0.4) is 0 Å². The van der Waals surface area contributed by atoms with Crippen LogP contribution in [0.4, 0.5) is 17.6 Å². The summed E-state index contributed by atoms with van der Waals surface area (Å²) in [4.78, 5) is 8.93. The van der Waals surface area contributed by atoms with Gasteiger partial charge in [-0.05, 0) is 25.7 Å². The first-order chi connectivity index (χ1) is 12.6. The lowest BCUT2D eigenvalue weighted by molar-refractivity contribution is 0.379. The summed E-state index contributed by atoms with van der Waals surface area (Å²) in [7, 11) is 0. The largest absolute Gasteiger partial charge is 0.359 e. The molecule has 0 aliphatic heterocycles. The third-order valence-corrected chi connectivity index (χ3v) is 4.31. The Labute approximate surface area is 151 Å². The number of aromatic nitrogens is 5. The molecule has 0 unspecified atom stereocenters. The summed E-state index contributed by atoms with van der Waals surface area (Å²) >= 11 is 0. The second-order valence-electron chi connectivity index (χ2n) is 7.05. The zero-order valence-electron chi connectivity index (χ0n) is 15.2. The van der Waals surface area contributed by atoms with E-state index in [1.165, 1.54) is 18.5 Å². The van der Waals surface area contributed by atoms with Crippen LogP contribution in [0.1, 0.15) is 61.4 Å². The maximum atomic E-state index is 5.34. The average Bonchev–Trinajstić information content (AvgIpc) is 3.15. The summed E-state index contributed by atoms with van der Waals surface area (Å²) in [5.41, 5.74) is 2.99. The van der Waals surface area contributed by atoms with Crippen molar-refractivity contribution in [1.82, 2.24) is 25.3 Å². The fourth-order valence-electron chi connectivity index (χ4n) is 2.70. The quantitative estimate of drug-likeness (QED) is 0.592. The van der Waals surface area contributed by atoms with Crippen LogP contribution in [0.15, 0.2) is 22.7 Å². The second-order valence-corrected chi connectivity index (χ2v) is 7.05. The highest BCUT2D eigenvalue weighted by Gasteiger charge is 2.25. The molecule has 3 heterocycles. The highest BCUT2D eigenvalue weighted by atomic mass is 16.5. The Balaban J connectivity index is 1.42. The SMILES string of the molecule is Cc1cc(Nc2cc(C3CC3)[nH]n2)nc(NCc2cc(C(C)C)no2)n1. The first kappa shape index (κ1) is 16.6. The predicted molar refractivity (Wildman–Crippen MR) is 98.5 cm³/mol. The van der Waals surface area contributed by atoms with Crippen LogP contribution >= 0.6 is 0 Å². The van der Waals surface area contributed by atoms with Gasteiger partial charge in [-0.2, -0.15) is 10.1 Å². The Bertz CT molecular complexity index is 895. The van der Waals surface area contributed by atoms with Crippen LogP contribution in [0, 0.1) is 6.92 Å². The Morgan fingerprint density at radius 1 is 1.19 bits per heavy atom. The van der Waals surface area contributed by atoms with Gasteiger partial charge in [0.15, 0.2) is 11.6 Å². The lowest BCUT2D eigenvalue weighted by Gasteiger charge is -2.07. The molecule has 0 bridgehead atoms. The van der Waals surface area contributed by atoms with E-state index in [-0.39, 0.29) is 0 Å². The Morgan fingerprint density at radius 3 is 2.77 bits per heavy atom. The van der Waals surface area contributed by atoms with E-state index in [4.69, 9.17) is 4.52 Å². The third-order valence-electron chi connectivity index (χ3n) is 4.31. The van der Waals surface area contributed by atoms with Gasteiger partial charge in [0.05, 0.1) is 12.2 Å². The van der Waals surface area contributed by atoms with E-state index in [1.807, 2.05) is 25.1 Å². The molecule has 1 saturated carbocycles. The molecule has 0 spiro atoms. The molecule has 1 aliphatic rings. The first-order valence-corrected chi connectivity index (χ1v) is 8.94. The van der Waals surface area contributed by atoms with E-state index in [0.29, 0.717) is 30.1 Å². The van der Waals surface area contributed by atoms with Gasteiger partial charge in [-0.25, -0.2) is 4.98 Å². The van der Waals surface area contributed by atoms with Crippen molar-refractivity contribution in [3.8, 4) is 0 Å². The minimum atomic E-state index is 0.341. The Hall–Kier alpha value is -2.90. The van der Waals surface area contributed by atoms with Crippen molar-refractivity contribution in [3.05, 3.63) is 41.0 Å². The van der Waals surface area contributed by atoms with Crippen molar-refractivity contribution in [2.75, 3.05) is 10.6 Å². The predicted octanol–water partition coefficient (Wildman–Crippen LogP) is 3.85. The molecular weight excluding hydrogens is 330 g/mol. The summed E-state index contributed by atoms with van der Waals surface area (Å²) in [6, 6.07) is 5.89. The maximum Gasteiger partial charge on any atom is 0.225 e. The number of hydrogen-bond acceptors (Lipinski definition) is 7. The number of hydrogen-bond donors (Lipinski definition) is 3. The van der Waals surface area contributed by atoms with Gasteiger partial charge in [0.1, 0.15) is 5.82 Å². The Kier molecular flexibility index (Phi) is 4.32. The van der Waals surface area contributed by atoms with Gasteiger partial charge in [-0.1, -0.05) is 19.0 Å². The number of nitrogens with one attached hydrogen (secondary N) is 3. The van der Waals surface area contributed by atoms with Crippen molar-refractivity contribution in [3.63, 3.8) is 0 Å². The average molecular weight is 353 g/mol.